The summed E-state index contributed by atoms with van der Waals surface area (Å²) in [4.78, 5) is 0. The van der Waals surface area contributed by atoms with Crippen LogP contribution < -0.4 is 0 Å². The van der Waals surface area contributed by atoms with Crippen molar-refractivity contribution in [2.45, 2.75) is 25.4 Å². The van der Waals surface area contributed by atoms with Crippen molar-refractivity contribution in [1.29, 1.82) is 0 Å². The summed E-state index contributed by atoms with van der Waals surface area (Å²) in [6.45, 7) is 0. The highest BCUT2D eigenvalue weighted by Crippen LogP contribution is 2.26. The first-order valence-corrected chi connectivity index (χ1v) is 6.92. The molecule has 0 fully saturated rings. The van der Waals surface area contributed by atoms with Crippen LogP contribution in [0.2, 0.25) is 0 Å². The number of hydrogen-bond donors (Lipinski definition) is 2. The topological polar surface area (TPSA) is 40.5 Å². The Morgan fingerprint density at radius 2 is 1.45 bits per heavy atom. The SMILES string of the molecule is OC1CC=C(c2ccccc2)CC1.Oc1ccccc1. The molecule has 0 radical (unpaired) electrons. The molecule has 1 atom stereocenters. The Morgan fingerprint density at radius 1 is 0.850 bits per heavy atom. The van der Waals surface area contributed by atoms with E-state index in [0.717, 1.165) is 19.3 Å². The highest BCUT2D eigenvalue weighted by molar-refractivity contribution is 5.66. The predicted octanol–water partition coefficient (Wildman–Crippen LogP) is 4.01. The molecule has 0 bridgehead atoms. The first kappa shape index (κ1) is 14.4. The van der Waals surface area contributed by atoms with Gasteiger partial charge < -0.3 is 10.2 Å². The molecule has 0 saturated heterocycles. The van der Waals surface area contributed by atoms with Gasteiger partial charge in [0.15, 0.2) is 0 Å². The summed E-state index contributed by atoms with van der Waals surface area (Å²) in [5.74, 6) is 0.322. The number of aliphatic hydroxyl groups excluding tert-OH is 1. The molecule has 2 nitrogen and oxygen atoms in total. The molecule has 20 heavy (non-hydrogen) atoms. The molecule has 0 spiro atoms. The summed E-state index contributed by atoms with van der Waals surface area (Å²) in [5, 5.41) is 18.0. The van der Waals surface area contributed by atoms with Crippen molar-refractivity contribution < 1.29 is 10.2 Å². The van der Waals surface area contributed by atoms with Crippen LogP contribution in [0.5, 0.6) is 5.75 Å². The molecule has 3 rings (SSSR count). The highest BCUT2D eigenvalue weighted by atomic mass is 16.3. The van der Waals surface area contributed by atoms with Gasteiger partial charge >= 0.3 is 0 Å². The van der Waals surface area contributed by atoms with E-state index in [1.165, 1.54) is 11.1 Å². The molecule has 2 aromatic rings. The van der Waals surface area contributed by atoms with Gasteiger partial charge in [0, 0.05) is 0 Å². The number of phenols is 1. The average molecular weight is 268 g/mol. The quantitative estimate of drug-likeness (QED) is 0.820. The van der Waals surface area contributed by atoms with Crippen LogP contribution in [0.15, 0.2) is 66.7 Å². The monoisotopic (exact) mass is 268 g/mol. The zero-order valence-electron chi connectivity index (χ0n) is 11.4. The maximum absolute atomic E-state index is 9.33. The molecule has 0 amide bonds. The molecule has 2 heteroatoms. The van der Waals surface area contributed by atoms with Gasteiger partial charge in [0.05, 0.1) is 6.10 Å². The van der Waals surface area contributed by atoms with Crippen molar-refractivity contribution in [3.8, 4) is 5.75 Å². The van der Waals surface area contributed by atoms with E-state index >= 15 is 0 Å². The summed E-state index contributed by atoms with van der Waals surface area (Å²) in [5.41, 5.74) is 2.68. The fraction of sp³-hybridized carbons (Fsp3) is 0.222. The van der Waals surface area contributed by atoms with Crippen LogP contribution in [0.25, 0.3) is 5.57 Å². The summed E-state index contributed by atoms with van der Waals surface area (Å²) < 4.78 is 0. The normalized spacial score (nSPS) is 17.6. The van der Waals surface area contributed by atoms with E-state index in [2.05, 4.69) is 30.3 Å². The van der Waals surface area contributed by atoms with Gasteiger partial charge in [0.25, 0.3) is 0 Å². The highest BCUT2D eigenvalue weighted by Gasteiger charge is 2.11. The lowest BCUT2D eigenvalue weighted by Crippen LogP contribution is -2.09. The molecule has 1 aliphatic rings. The number of aromatic hydroxyl groups is 1. The van der Waals surface area contributed by atoms with E-state index in [9.17, 15) is 5.11 Å². The summed E-state index contributed by atoms with van der Waals surface area (Å²) >= 11 is 0. The predicted molar refractivity (Wildman–Crippen MR) is 82.4 cm³/mol. The van der Waals surface area contributed by atoms with Crippen LogP contribution in [0.4, 0.5) is 0 Å². The third-order valence-corrected chi connectivity index (χ3v) is 3.28. The smallest absolute Gasteiger partial charge is 0.115 e. The Labute approximate surface area is 120 Å². The molecule has 1 unspecified atom stereocenters. The fourth-order valence-electron chi connectivity index (χ4n) is 2.16. The van der Waals surface area contributed by atoms with Crippen LogP contribution in [0.1, 0.15) is 24.8 Å². The molecule has 0 aromatic heterocycles. The number of phenolic OH excluding ortho intramolecular Hbond substituents is 1. The first-order valence-electron chi connectivity index (χ1n) is 6.92. The summed E-state index contributed by atoms with van der Waals surface area (Å²) in [6.07, 6.45) is 4.76. The van der Waals surface area contributed by atoms with Gasteiger partial charge in [0.2, 0.25) is 0 Å². The van der Waals surface area contributed by atoms with E-state index < -0.39 is 0 Å². The number of allylic oxidation sites excluding steroid dienone is 1. The van der Waals surface area contributed by atoms with Gasteiger partial charge in [-0.25, -0.2) is 0 Å². The van der Waals surface area contributed by atoms with Crippen LogP contribution in [0, 0.1) is 0 Å². The van der Waals surface area contributed by atoms with E-state index in [1.807, 2.05) is 12.1 Å². The van der Waals surface area contributed by atoms with Crippen LogP contribution >= 0.6 is 0 Å². The number of para-hydroxylation sites is 1. The fourth-order valence-corrected chi connectivity index (χ4v) is 2.16. The van der Waals surface area contributed by atoms with Gasteiger partial charge in [-0.05, 0) is 42.5 Å². The largest absolute Gasteiger partial charge is 0.508 e. The van der Waals surface area contributed by atoms with Gasteiger partial charge in [-0.15, -0.1) is 0 Å². The summed E-state index contributed by atoms with van der Waals surface area (Å²) in [6, 6.07) is 19.1. The molecular weight excluding hydrogens is 248 g/mol. The van der Waals surface area contributed by atoms with Crippen molar-refractivity contribution in [1.82, 2.24) is 0 Å². The summed E-state index contributed by atoms with van der Waals surface area (Å²) in [7, 11) is 0. The molecule has 104 valence electrons. The molecule has 2 N–H and O–H groups in total. The van der Waals surface area contributed by atoms with Crippen molar-refractivity contribution in [3.05, 3.63) is 72.3 Å². The van der Waals surface area contributed by atoms with Gasteiger partial charge in [0.1, 0.15) is 5.75 Å². The van der Waals surface area contributed by atoms with Crippen LogP contribution in [-0.2, 0) is 0 Å². The molecule has 0 heterocycles. The second kappa shape index (κ2) is 7.51. The van der Waals surface area contributed by atoms with E-state index in [0.29, 0.717) is 5.75 Å². The standard InChI is InChI=1S/C12H14O.C6H6O/c13-12-8-6-11(7-9-12)10-4-2-1-3-5-10;7-6-4-2-1-3-5-6/h1-6,12-13H,7-9H2;1-5,7H. The molecule has 0 aliphatic heterocycles. The van der Waals surface area contributed by atoms with Crippen molar-refractivity contribution in [3.63, 3.8) is 0 Å². The Morgan fingerprint density at radius 3 is 1.90 bits per heavy atom. The average Bonchev–Trinajstić information content (AvgIpc) is 2.50. The number of benzene rings is 2. The Hall–Kier alpha value is -2.06. The van der Waals surface area contributed by atoms with Gasteiger partial charge in [-0.1, -0.05) is 54.6 Å². The molecule has 0 saturated carbocycles. The number of hydrogen-bond acceptors (Lipinski definition) is 2. The lowest BCUT2D eigenvalue weighted by Gasteiger charge is -2.17. The number of rotatable bonds is 1. The van der Waals surface area contributed by atoms with Crippen molar-refractivity contribution in [2.24, 2.45) is 0 Å². The Bertz CT molecular complexity index is 532. The van der Waals surface area contributed by atoms with Gasteiger partial charge in [-0.2, -0.15) is 0 Å². The van der Waals surface area contributed by atoms with Gasteiger partial charge in [-0.3, -0.25) is 0 Å². The second-order valence-corrected chi connectivity index (χ2v) is 4.86. The zero-order chi connectivity index (χ0) is 14.2. The van der Waals surface area contributed by atoms with E-state index in [-0.39, 0.29) is 6.10 Å². The van der Waals surface area contributed by atoms with E-state index in [1.54, 1.807) is 24.3 Å². The Balaban J connectivity index is 0.000000178. The van der Waals surface area contributed by atoms with Crippen LogP contribution in [-0.4, -0.2) is 16.3 Å². The minimum Gasteiger partial charge on any atom is -0.508 e. The third kappa shape index (κ3) is 4.56. The minimum absolute atomic E-state index is 0.118. The maximum Gasteiger partial charge on any atom is 0.115 e. The van der Waals surface area contributed by atoms with Crippen LogP contribution in [0.3, 0.4) is 0 Å². The van der Waals surface area contributed by atoms with E-state index in [4.69, 9.17) is 5.11 Å². The Kier molecular flexibility index (Phi) is 5.39. The third-order valence-electron chi connectivity index (χ3n) is 3.28. The van der Waals surface area contributed by atoms with Crippen molar-refractivity contribution in [2.75, 3.05) is 0 Å². The lowest BCUT2D eigenvalue weighted by atomic mass is 9.92. The van der Waals surface area contributed by atoms with Crippen molar-refractivity contribution >= 4 is 5.57 Å². The first-order chi connectivity index (χ1) is 9.75. The molecule has 2 aromatic carbocycles. The molecule has 1 aliphatic carbocycles. The zero-order valence-corrected chi connectivity index (χ0v) is 11.4. The maximum atomic E-state index is 9.33. The second-order valence-electron chi connectivity index (χ2n) is 4.86. The molecular formula is C18H20O2. The number of aliphatic hydroxyl groups is 1. The minimum atomic E-state index is -0.118. The lowest BCUT2D eigenvalue weighted by molar-refractivity contribution is 0.166.